The second kappa shape index (κ2) is 13.1. The molecule has 0 aromatic heterocycles. The van der Waals surface area contributed by atoms with Crippen molar-refractivity contribution in [3.63, 3.8) is 0 Å². The highest BCUT2D eigenvalue weighted by molar-refractivity contribution is 14.0. The molecule has 0 radical (unpaired) electrons. The highest BCUT2D eigenvalue weighted by Gasteiger charge is 2.03. The molecule has 0 saturated heterocycles. The molecule has 1 rings (SSSR count). The number of ether oxygens (including phenoxy) is 1. The van der Waals surface area contributed by atoms with Crippen molar-refractivity contribution < 1.29 is 9.13 Å². The number of hydrogen-bond donors (Lipinski definition) is 2. The van der Waals surface area contributed by atoms with E-state index in [-0.39, 0.29) is 29.8 Å². The second-order valence-electron chi connectivity index (χ2n) is 4.49. The second-order valence-corrected chi connectivity index (χ2v) is 5.35. The number of nitrogens with one attached hydrogen (secondary N) is 2. The molecule has 7 heteroatoms. The van der Waals surface area contributed by atoms with Gasteiger partial charge in [-0.3, -0.25) is 4.99 Å². The summed E-state index contributed by atoms with van der Waals surface area (Å²) in [6.07, 6.45) is 2.04. The molecule has 0 fully saturated rings. The van der Waals surface area contributed by atoms with Gasteiger partial charge >= 0.3 is 0 Å². The molecule has 0 unspecified atom stereocenters. The summed E-state index contributed by atoms with van der Waals surface area (Å²) in [4.78, 5) is 4.14. The van der Waals surface area contributed by atoms with Crippen molar-refractivity contribution >= 4 is 45.9 Å². The van der Waals surface area contributed by atoms with Crippen molar-refractivity contribution in [3.05, 3.63) is 34.1 Å². The fraction of sp³-hybridized carbons (Fsp3) is 0.533. The van der Waals surface area contributed by atoms with Crippen LogP contribution in [0.1, 0.15) is 25.3 Å². The molecule has 0 atom stereocenters. The number of unbranched alkanes of at least 4 members (excludes halogenated alkanes) is 1. The fourth-order valence-corrected chi connectivity index (χ4v) is 2.15. The predicted molar refractivity (Wildman–Crippen MR) is 103 cm³/mol. The minimum atomic E-state index is -0.242. The Morgan fingerprint density at radius 3 is 2.77 bits per heavy atom. The number of rotatable bonds is 8. The molecule has 126 valence electrons. The molecule has 0 bridgehead atoms. The van der Waals surface area contributed by atoms with Gasteiger partial charge in [-0.05, 0) is 43.5 Å². The maximum absolute atomic E-state index is 13.2. The lowest BCUT2D eigenvalue weighted by molar-refractivity contribution is 0.143. The van der Waals surface area contributed by atoms with Crippen LogP contribution in [0.5, 0.6) is 0 Å². The maximum Gasteiger partial charge on any atom is 0.191 e. The number of benzene rings is 1. The summed E-state index contributed by atoms with van der Waals surface area (Å²) >= 11 is 3.41. The Morgan fingerprint density at radius 1 is 1.32 bits per heavy atom. The minimum absolute atomic E-state index is 0. The van der Waals surface area contributed by atoms with Crippen molar-refractivity contribution in [3.8, 4) is 0 Å². The van der Waals surface area contributed by atoms with Crippen LogP contribution in [0.2, 0.25) is 0 Å². The van der Waals surface area contributed by atoms with Crippen LogP contribution in [-0.4, -0.2) is 32.8 Å². The third-order valence-electron chi connectivity index (χ3n) is 2.89. The van der Waals surface area contributed by atoms with Gasteiger partial charge in [0.25, 0.3) is 0 Å². The van der Waals surface area contributed by atoms with E-state index in [1.54, 1.807) is 13.1 Å². The van der Waals surface area contributed by atoms with E-state index in [0.29, 0.717) is 12.5 Å². The standard InChI is InChI=1S/C15H23BrFN3O.HI/c1-3-21-9-5-4-8-19-15(18-2)20-11-12-10-13(17)6-7-14(12)16;/h6-7,10H,3-5,8-9,11H2,1-2H3,(H2,18,19,20);1H. The van der Waals surface area contributed by atoms with Gasteiger partial charge in [-0.1, -0.05) is 15.9 Å². The molecule has 0 aliphatic heterocycles. The fourth-order valence-electron chi connectivity index (χ4n) is 1.76. The number of hydrogen-bond acceptors (Lipinski definition) is 2. The van der Waals surface area contributed by atoms with Crippen LogP contribution in [0.3, 0.4) is 0 Å². The third-order valence-corrected chi connectivity index (χ3v) is 3.66. The van der Waals surface area contributed by atoms with Gasteiger partial charge in [0.1, 0.15) is 5.82 Å². The lowest BCUT2D eigenvalue weighted by atomic mass is 10.2. The quantitative estimate of drug-likeness (QED) is 0.254. The summed E-state index contributed by atoms with van der Waals surface area (Å²) in [6, 6.07) is 4.64. The van der Waals surface area contributed by atoms with Crippen molar-refractivity contribution in [1.29, 1.82) is 0 Å². The summed E-state index contributed by atoms with van der Waals surface area (Å²) < 4.78 is 19.4. The van der Waals surface area contributed by atoms with Crippen LogP contribution in [0.4, 0.5) is 4.39 Å². The Kier molecular flexibility index (Phi) is 12.8. The number of aliphatic imine (C=N–C) groups is 1. The first-order valence-corrected chi connectivity index (χ1v) is 7.92. The lowest BCUT2D eigenvalue weighted by Crippen LogP contribution is -2.37. The first kappa shape index (κ1) is 21.6. The Hall–Kier alpha value is -0.410. The average Bonchev–Trinajstić information content (AvgIpc) is 2.49. The van der Waals surface area contributed by atoms with Gasteiger partial charge in [0.05, 0.1) is 0 Å². The van der Waals surface area contributed by atoms with Gasteiger partial charge in [0, 0.05) is 37.8 Å². The molecule has 1 aromatic carbocycles. The van der Waals surface area contributed by atoms with E-state index in [4.69, 9.17) is 4.74 Å². The molecule has 0 amide bonds. The largest absolute Gasteiger partial charge is 0.382 e. The monoisotopic (exact) mass is 487 g/mol. The first-order valence-electron chi connectivity index (χ1n) is 7.13. The van der Waals surface area contributed by atoms with Crippen molar-refractivity contribution in [2.45, 2.75) is 26.3 Å². The topological polar surface area (TPSA) is 45.6 Å². The summed E-state index contributed by atoms with van der Waals surface area (Å²) in [6.45, 7) is 4.89. The summed E-state index contributed by atoms with van der Waals surface area (Å²) in [5.74, 6) is 0.469. The van der Waals surface area contributed by atoms with E-state index in [9.17, 15) is 4.39 Å². The summed E-state index contributed by atoms with van der Waals surface area (Å²) in [5, 5.41) is 6.39. The van der Waals surface area contributed by atoms with Crippen LogP contribution in [0.15, 0.2) is 27.7 Å². The zero-order chi connectivity index (χ0) is 15.5. The summed E-state index contributed by atoms with van der Waals surface area (Å²) in [5.41, 5.74) is 0.856. The van der Waals surface area contributed by atoms with E-state index < -0.39 is 0 Å². The number of halogens is 3. The van der Waals surface area contributed by atoms with Crippen LogP contribution < -0.4 is 10.6 Å². The predicted octanol–water partition coefficient (Wildman–Crippen LogP) is 3.69. The average molecular weight is 488 g/mol. The van der Waals surface area contributed by atoms with E-state index in [1.165, 1.54) is 12.1 Å². The molecule has 0 saturated carbocycles. The van der Waals surface area contributed by atoms with Gasteiger partial charge in [-0.25, -0.2) is 4.39 Å². The van der Waals surface area contributed by atoms with E-state index in [2.05, 4.69) is 31.6 Å². The number of nitrogens with zero attached hydrogens (tertiary/aromatic N) is 1. The molecular formula is C15H24BrFIN3O. The van der Waals surface area contributed by atoms with Gasteiger partial charge < -0.3 is 15.4 Å². The first-order chi connectivity index (χ1) is 10.2. The molecule has 1 aromatic rings. The zero-order valence-corrected chi connectivity index (χ0v) is 16.9. The van der Waals surface area contributed by atoms with Crippen molar-refractivity contribution in [1.82, 2.24) is 10.6 Å². The molecule has 0 aliphatic carbocycles. The van der Waals surface area contributed by atoms with Crippen LogP contribution in [0.25, 0.3) is 0 Å². The Labute approximate surface area is 157 Å². The number of guanidine groups is 1. The molecule has 22 heavy (non-hydrogen) atoms. The Morgan fingerprint density at radius 2 is 2.09 bits per heavy atom. The van der Waals surface area contributed by atoms with Crippen LogP contribution in [-0.2, 0) is 11.3 Å². The van der Waals surface area contributed by atoms with E-state index in [1.807, 2.05) is 6.92 Å². The minimum Gasteiger partial charge on any atom is -0.382 e. The third kappa shape index (κ3) is 8.89. The van der Waals surface area contributed by atoms with E-state index in [0.717, 1.165) is 42.6 Å². The lowest BCUT2D eigenvalue weighted by Gasteiger charge is -2.12. The molecule has 0 spiro atoms. The smallest absolute Gasteiger partial charge is 0.191 e. The van der Waals surface area contributed by atoms with Crippen molar-refractivity contribution in [2.75, 3.05) is 26.8 Å². The SMILES string of the molecule is CCOCCCCNC(=NC)NCc1cc(F)ccc1Br.I. The molecule has 4 nitrogen and oxygen atoms in total. The van der Waals surface area contributed by atoms with Gasteiger partial charge in [-0.2, -0.15) is 0 Å². The zero-order valence-electron chi connectivity index (χ0n) is 13.0. The van der Waals surface area contributed by atoms with Gasteiger partial charge in [-0.15, -0.1) is 24.0 Å². The van der Waals surface area contributed by atoms with Gasteiger partial charge in [0.2, 0.25) is 0 Å². The molecule has 0 aliphatic rings. The highest BCUT2D eigenvalue weighted by Crippen LogP contribution is 2.17. The normalized spacial score (nSPS) is 11.0. The van der Waals surface area contributed by atoms with Crippen LogP contribution in [0, 0.1) is 5.82 Å². The molecule has 0 heterocycles. The Balaban J connectivity index is 0.00000441. The molecular weight excluding hydrogens is 464 g/mol. The van der Waals surface area contributed by atoms with E-state index >= 15 is 0 Å². The van der Waals surface area contributed by atoms with Crippen molar-refractivity contribution in [2.24, 2.45) is 4.99 Å². The molecule has 2 N–H and O–H groups in total. The maximum atomic E-state index is 13.2. The Bertz CT molecular complexity index is 460. The highest BCUT2D eigenvalue weighted by atomic mass is 127. The van der Waals surface area contributed by atoms with Gasteiger partial charge in [0.15, 0.2) is 5.96 Å². The van der Waals surface area contributed by atoms with Crippen LogP contribution >= 0.6 is 39.9 Å². The summed E-state index contributed by atoms with van der Waals surface area (Å²) in [7, 11) is 1.72.